The first-order chi connectivity index (χ1) is 12.4. The molecule has 3 aromatic rings. The number of para-hydroxylation sites is 1. The van der Waals surface area contributed by atoms with E-state index in [-0.39, 0.29) is 0 Å². The van der Waals surface area contributed by atoms with Gasteiger partial charge in [-0.15, -0.1) is 0 Å². The summed E-state index contributed by atoms with van der Waals surface area (Å²) in [6.45, 7) is 5.83. The number of aromatic hydroxyl groups is 1. The minimum atomic E-state index is -1.83. The molecule has 0 unspecified atom stereocenters. The summed E-state index contributed by atoms with van der Waals surface area (Å²) in [5, 5.41) is 22.6. The molecule has 0 fully saturated rings. The van der Waals surface area contributed by atoms with Crippen molar-refractivity contribution in [2.24, 2.45) is 0 Å². The van der Waals surface area contributed by atoms with Gasteiger partial charge in [-0.2, -0.15) is 0 Å². The van der Waals surface area contributed by atoms with Crippen molar-refractivity contribution < 1.29 is 20.1 Å². The summed E-state index contributed by atoms with van der Waals surface area (Å²) >= 11 is 0. The van der Waals surface area contributed by atoms with Crippen LogP contribution in [0.25, 0.3) is 5.57 Å². The standard InChI is InChI=1S/C9H10.C6H6O.C6H6.CH2O3/c1-8(2)9-6-4-3-5-7-9;7-6-4-2-1-3-5-6;1-2-4-6-5-3-1;2-1(3)4/h3-7H,1H2,2H3;1-5,7H;1-6H;(H2,2,3,4). The van der Waals surface area contributed by atoms with E-state index in [4.69, 9.17) is 20.1 Å². The second-order valence-corrected chi connectivity index (χ2v) is 4.92. The number of allylic oxidation sites excluding steroid dienone is 1. The van der Waals surface area contributed by atoms with Crippen LogP contribution in [-0.4, -0.2) is 21.5 Å². The first-order valence-corrected chi connectivity index (χ1v) is 7.80. The van der Waals surface area contributed by atoms with Gasteiger partial charge in [0.15, 0.2) is 0 Å². The third-order valence-electron chi connectivity index (χ3n) is 2.69. The molecular formula is C22H24O4. The predicted molar refractivity (Wildman–Crippen MR) is 106 cm³/mol. The highest BCUT2D eigenvalue weighted by atomic mass is 16.6. The molecular weight excluding hydrogens is 328 g/mol. The SMILES string of the molecule is C=C(C)c1ccccc1.O=C(O)O.Oc1ccccc1.c1ccccc1. The van der Waals surface area contributed by atoms with E-state index < -0.39 is 6.16 Å². The van der Waals surface area contributed by atoms with Crippen molar-refractivity contribution in [2.75, 3.05) is 0 Å². The van der Waals surface area contributed by atoms with E-state index in [0.29, 0.717) is 5.75 Å². The maximum atomic E-state index is 8.63. The van der Waals surface area contributed by atoms with Crippen LogP contribution in [0.5, 0.6) is 5.75 Å². The largest absolute Gasteiger partial charge is 0.508 e. The van der Waals surface area contributed by atoms with Gasteiger partial charge in [0, 0.05) is 0 Å². The fourth-order valence-electron chi connectivity index (χ4n) is 1.54. The Morgan fingerprint density at radius 2 is 0.962 bits per heavy atom. The fraction of sp³-hybridized carbons (Fsp3) is 0.0455. The molecule has 4 nitrogen and oxygen atoms in total. The van der Waals surface area contributed by atoms with Gasteiger partial charge in [0.05, 0.1) is 0 Å². The van der Waals surface area contributed by atoms with Gasteiger partial charge in [0.2, 0.25) is 0 Å². The minimum absolute atomic E-state index is 0.322. The van der Waals surface area contributed by atoms with Gasteiger partial charge in [-0.25, -0.2) is 4.79 Å². The zero-order chi connectivity index (χ0) is 19.6. The number of phenolic OH excluding ortho intramolecular Hbond substituents is 1. The Balaban J connectivity index is 0.000000334. The molecule has 4 heteroatoms. The lowest BCUT2D eigenvalue weighted by atomic mass is 10.1. The number of hydrogen-bond acceptors (Lipinski definition) is 2. The van der Waals surface area contributed by atoms with Crippen LogP contribution in [0.4, 0.5) is 4.79 Å². The maximum Gasteiger partial charge on any atom is 0.503 e. The van der Waals surface area contributed by atoms with E-state index in [2.05, 4.69) is 18.7 Å². The van der Waals surface area contributed by atoms with Crippen LogP contribution in [0.2, 0.25) is 0 Å². The zero-order valence-electron chi connectivity index (χ0n) is 14.7. The molecule has 0 saturated heterocycles. The first kappa shape index (κ1) is 22.5. The van der Waals surface area contributed by atoms with Crippen molar-refractivity contribution in [3.8, 4) is 5.75 Å². The van der Waals surface area contributed by atoms with Crippen molar-refractivity contribution in [3.63, 3.8) is 0 Å². The Morgan fingerprint density at radius 3 is 1.15 bits per heavy atom. The molecule has 0 heterocycles. The molecule has 0 aliphatic heterocycles. The molecule has 0 saturated carbocycles. The van der Waals surface area contributed by atoms with E-state index >= 15 is 0 Å². The third-order valence-corrected chi connectivity index (χ3v) is 2.69. The first-order valence-electron chi connectivity index (χ1n) is 7.80. The van der Waals surface area contributed by atoms with Crippen LogP contribution in [0, 0.1) is 0 Å². The second kappa shape index (κ2) is 15.0. The number of rotatable bonds is 1. The van der Waals surface area contributed by atoms with Gasteiger partial charge in [0.1, 0.15) is 5.75 Å². The topological polar surface area (TPSA) is 77.8 Å². The Hall–Kier alpha value is -3.53. The van der Waals surface area contributed by atoms with Crippen molar-refractivity contribution in [1.29, 1.82) is 0 Å². The highest BCUT2D eigenvalue weighted by molar-refractivity contribution is 5.60. The van der Waals surface area contributed by atoms with Gasteiger partial charge in [0.25, 0.3) is 0 Å². The van der Waals surface area contributed by atoms with Crippen LogP contribution in [-0.2, 0) is 0 Å². The van der Waals surface area contributed by atoms with Gasteiger partial charge < -0.3 is 15.3 Å². The normalized spacial score (nSPS) is 8.19. The molecule has 26 heavy (non-hydrogen) atoms. The van der Waals surface area contributed by atoms with Gasteiger partial charge in [-0.1, -0.05) is 97.1 Å². The lowest BCUT2D eigenvalue weighted by Crippen LogP contribution is -1.81. The highest BCUT2D eigenvalue weighted by Gasteiger charge is 1.86. The summed E-state index contributed by atoms with van der Waals surface area (Å²) < 4.78 is 0. The molecule has 0 aromatic heterocycles. The fourth-order valence-corrected chi connectivity index (χ4v) is 1.54. The Kier molecular flexibility index (Phi) is 13.0. The van der Waals surface area contributed by atoms with Crippen LogP contribution < -0.4 is 0 Å². The van der Waals surface area contributed by atoms with Crippen molar-refractivity contribution in [2.45, 2.75) is 6.92 Å². The average molecular weight is 352 g/mol. The lowest BCUT2D eigenvalue weighted by Gasteiger charge is -1.94. The minimum Gasteiger partial charge on any atom is -0.508 e. The van der Waals surface area contributed by atoms with Gasteiger partial charge >= 0.3 is 6.16 Å². The van der Waals surface area contributed by atoms with E-state index in [9.17, 15) is 0 Å². The molecule has 3 N–H and O–H groups in total. The van der Waals surface area contributed by atoms with Crippen molar-refractivity contribution in [1.82, 2.24) is 0 Å². The summed E-state index contributed by atoms with van der Waals surface area (Å²) in [6.07, 6.45) is -1.83. The quantitative estimate of drug-likeness (QED) is 0.500. The molecule has 136 valence electrons. The number of carbonyl (C=O) groups is 1. The van der Waals surface area contributed by atoms with E-state index in [1.165, 1.54) is 5.56 Å². The number of phenols is 1. The van der Waals surface area contributed by atoms with Crippen LogP contribution in [0.3, 0.4) is 0 Å². The summed E-state index contributed by atoms with van der Waals surface area (Å²) in [5.41, 5.74) is 2.34. The number of benzene rings is 3. The van der Waals surface area contributed by atoms with Crippen molar-refractivity contribution in [3.05, 3.63) is 109 Å². The Morgan fingerprint density at radius 1 is 0.692 bits per heavy atom. The summed E-state index contributed by atoms with van der Waals surface area (Å²) in [4.78, 5) is 8.56. The lowest BCUT2D eigenvalue weighted by molar-refractivity contribution is 0.137. The molecule has 0 amide bonds. The van der Waals surface area contributed by atoms with Gasteiger partial charge in [-0.05, 0) is 24.6 Å². The Labute approximate surface area is 154 Å². The molecule has 3 rings (SSSR count). The molecule has 0 aliphatic rings. The van der Waals surface area contributed by atoms with Crippen LogP contribution >= 0.6 is 0 Å². The summed E-state index contributed by atoms with van der Waals surface area (Å²) in [6, 6.07) is 30.9. The van der Waals surface area contributed by atoms with E-state index in [0.717, 1.165) is 5.57 Å². The van der Waals surface area contributed by atoms with Crippen LogP contribution in [0.15, 0.2) is 104 Å². The summed E-state index contributed by atoms with van der Waals surface area (Å²) in [5.74, 6) is 0.322. The molecule has 0 spiro atoms. The second-order valence-electron chi connectivity index (χ2n) is 4.92. The zero-order valence-corrected chi connectivity index (χ0v) is 14.7. The molecule has 0 bridgehead atoms. The van der Waals surface area contributed by atoms with Gasteiger partial charge in [-0.3, -0.25) is 0 Å². The van der Waals surface area contributed by atoms with Crippen molar-refractivity contribution >= 4 is 11.7 Å². The number of hydrogen-bond donors (Lipinski definition) is 3. The van der Waals surface area contributed by atoms with E-state index in [1.807, 2.05) is 67.6 Å². The third kappa shape index (κ3) is 15.4. The molecule has 0 aliphatic carbocycles. The maximum absolute atomic E-state index is 8.63. The smallest absolute Gasteiger partial charge is 0.503 e. The van der Waals surface area contributed by atoms with Crippen LogP contribution in [0.1, 0.15) is 12.5 Å². The monoisotopic (exact) mass is 352 g/mol. The predicted octanol–water partition coefficient (Wildman–Crippen LogP) is 6.02. The molecule has 0 radical (unpaired) electrons. The molecule has 0 atom stereocenters. The Bertz CT molecular complexity index is 680. The summed E-state index contributed by atoms with van der Waals surface area (Å²) in [7, 11) is 0. The number of carboxylic acid groups (broad SMARTS) is 2. The van der Waals surface area contributed by atoms with E-state index in [1.54, 1.807) is 24.3 Å². The average Bonchev–Trinajstić information content (AvgIpc) is 2.65. The molecule has 3 aromatic carbocycles. The highest BCUT2D eigenvalue weighted by Crippen LogP contribution is 2.08.